The number of nitrogens with zero attached hydrogens (tertiary/aromatic N) is 4. The van der Waals surface area contributed by atoms with Crippen molar-refractivity contribution in [3.05, 3.63) is 44.5 Å². The van der Waals surface area contributed by atoms with Gasteiger partial charge in [-0.25, -0.2) is 9.48 Å². The van der Waals surface area contributed by atoms with Gasteiger partial charge in [0, 0.05) is 24.4 Å². The SMILES string of the molecule is CCCCCCc1cn(C[C@H]2O[C@@H](n3cc(C)c(=O)[nH]c3=O)C[C@H]2O)nn1. The third-order valence-corrected chi connectivity index (χ3v) is 4.90. The van der Waals surface area contributed by atoms with Gasteiger partial charge in [0.25, 0.3) is 5.56 Å². The molecule has 2 aromatic heterocycles. The molecule has 0 amide bonds. The molecule has 1 aliphatic rings. The van der Waals surface area contributed by atoms with Gasteiger partial charge >= 0.3 is 5.69 Å². The van der Waals surface area contributed by atoms with Gasteiger partial charge < -0.3 is 9.84 Å². The molecule has 0 spiro atoms. The van der Waals surface area contributed by atoms with E-state index >= 15 is 0 Å². The van der Waals surface area contributed by atoms with Gasteiger partial charge in [0.15, 0.2) is 0 Å². The topological polar surface area (TPSA) is 115 Å². The standard InChI is InChI=1S/C18H27N5O4/c1-3-4-5-6-7-13-10-22(21-20-13)11-15-14(24)8-16(27-15)23-9-12(2)17(25)19-18(23)26/h9-10,14-16,24H,3-8,11H2,1-2H3,(H,19,25,26)/t14-,15-,16-/m1/s1. The summed E-state index contributed by atoms with van der Waals surface area (Å²) in [5, 5.41) is 18.6. The minimum absolute atomic E-state index is 0.272. The Morgan fingerprint density at radius 2 is 2.11 bits per heavy atom. The molecule has 3 atom stereocenters. The fourth-order valence-electron chi connectivity index (χ4n) is 3.31. The molecule has 0 bridgehead atoms. The van der Waals surface area contributed by atoms with Gasteiger partial charge in [-0.3, -0.25) is 14.3 Å². The summed E-state index contributed by atoms with van der Waals surface area (Å²) in [6, 6.07) is 0. The fourth-order valence-corrected chi connectivity index (χ4v) is 3.31. The molecule has 0 aliphatic carbocycles. The largest absolute Gasteiger partial charge is 0.390 e. The normalized spacial score (nSPS) is 22.4. The highest BCUT2D eigenvalue weighted by atomic mass is 16.5. The lowest BCUT2D eigenvalue weighted by Gasteiger charge is -2.16. The minimum Gasteiger partial charge on any atom is -0.390 e. The Kier molecular flexibility index (Phi) is 6.22. The van der Waals surface area contributed by atoms with E-state index in [1.807, 2.05) is 6.20 Å². The number of aliphatic hydroxyl groups excluding tert-OH is 1. The van der Waals surface area contributed by atoms with Crippen molar-refractivity contribution in [3.63, 3.8) is 0 Å². The van der Waals surface area contributed by atoms with E-state index in [0.29, 0.717) is 12.1 Å². The summed E-state index contributed by atoms with van der Waals surface area (Å²) in [6.07, 6.45) is 7.35. The summed E-state index contributed by atoms with van der Waals surface area (Å²) < 4.78 is 8.86. The zero-order chi connectivity index (χ0) is 19.4. The number of aromatic nitrogens is 5. The molecular weight excluding hydrogens is 350 g/mol. The molecule has 0 radical (unpaired) electrons. The molecule has 3 rings (SSSR count). The van der Waals surface area contributed by atoms with Crippen LogP contribution in [0, 0.1) is 6.92 Å². The first-order valence-corrected chi connectivity index (χ1v) is 9.52. The van der Waals surface area contributed by atoms with Gasteiger partial charge in [-0.15, -0.1) is 5.10 Å². The molecule has 1 fully saturated rings. The number of H-pyrrole nitrogens is 1. The maximum Gasteiger partial charge on any atom is 0.330 e. The van der Waals surface area contributed by atoms with Crippen LogP contribution in [0.25, 0.3) is 0 Å². The minimum atomic E-state index is -0.730. The van der Waals surface area contributed by atoms with Crippen molar-refractivity contribution in [2.24, 2.45) is 0 Å². The van der Waals surface area contributed by atoms with Crippen LogP contribution in [-0.4, -0.2) is 41.9 Å². The van der Waals surface area contributed by atoms with Crippen LogP contribution in [0.2, 0.25) is 0 Å². The number of aromatic amines is 1. The molecule has 0 saturated carbocycles. The second-order valence-corrected chi connectivity index (χ2v) is 7.15. The molecule has 27 heavy (non-hydrogen) atoms. The molecule has 3 heterocycles. The Labute approximate surface area is 157 Å². The van der Waals surface area contributed by atoms with Crippen LogP contribution < -0.4 is 11.2 Å². The lowest BCUT2D eigenvalue weighted by Crippen LogP contribution is -2.33. The monoisotopic (exact) mass is 377 g/mol. The summed E-state index contributed by atoms with van der Waals surface area (Å²) >= 11 is 0. The maximum atomic E-state index is 12.0. The van der Waals surface area contributed by atoms with Gasteiger partial charge in [0.1, 0.15) is 12.3 Å². The summed E-state index contributed by atoms with van der Waals surface area (Å²) in [4.78, 5) is 25.8. The lowest BCUT2D eigenvalue weighted by atomic mass is 10.1. The molecule has 148 valence electrons. The Morgan fingerprint density at radius 3 is 2.89 bits per heavy atom. The van der Waals surface area contributed by atoms with Gasteiger partial charge in [-0.2, -0.15) is 0 Å². The first-order chi connectivity index (χ1) is 13.0. The predicted molar refractivity (Wildman–Crippen MR) is 98.5 cm³/mol. The van der Waals surface area contributed by atoms with Crippen molar-refractivity contribution < 1.29 is 9.84 Å². The van der Waals surface area contributed by atoms with E-state index in [0.717, 1.165) is 18.5 Å². The molecule has 9 heteroatoms. The first-order valence-electron chi connectivity index (χ1n) is 9.52. The Morgan fingerprint density at radius 1 is 1.30 bits per heavy atom. The third-order valence-electron chi connectivity index (χ3n) is 4.90. The Hall–Kier alpha value is -2.26. The number of aryl methyl sites for hydroxylation is 2. The van der Waals surface area contributed by atoms with E-state index in [9.17, 15) is 14.7 Å². The average molecular weight is 377 g/mol. The molecule has 2 aromatic rings. The zero-order valence-corrected chi connectivity index (χ0v) is 15.8. The van der Waals surface area contributed by atoms with Crippen LogP contribution in [0.3, 0.4) is 0 Å². The predicted octanol–water partition coefficient (Wildman–Crippen LogP) is 0.908. The van der Waals surface area contributed by atoms with Crippen LogP contribution in [-0.2, 0) is 17.7 Å². The van der Waals surface area contributed by atoms with Crippen LogP contribution in [0.5, 0.6) is 0 Å². The second kappa shape index (κ2) is 8.62. The quantitative estimate of drug-likeness (QED) is 0.661. The molecule has 0 unspecified atom stereocenters. The second-order valence-electron chi connectivity index (χ2n) is 7.15. The number of hydrogen-bond acceptors (Lipinski definition) is 6. The summed E-state index contributed by atoms with van der Waals surface area (Å²) in [5.41, 5.74) is 0.391. The highest BCUT2D eigenvalue weighted by Crippen LogP contribution is 2.28. The van der Waals surface area contributed by atoms with E-state index in [4.69, 9.17) is 4.74 Å². The average Bonchev–Trinajstić information content (AvgIpc) is 3.22. The highest BCUT2D eigenvalue weighted by Gasteiger charge is 2.36. The van der Waals surface area contributed by atoms with Crippen molar-refractivity contribution >= 4 is 0 Å². The van der Waals surface area contributed by atoms with Crippen LogP contribution in [0.4, 0.5) is 0 Å². The van der Waals surface area contributed by atoms with Crippen molar-refractivity contribution in [1.29, 1.82) is 0 Å². The smallest absolute Gasteiger partial charge is 0.330 e. The van der Waals surface area contributed by atoms with Crippen LogP contribution >= 0.6 is 0 Å². The number of aliphatic hydroxyl groups is 1. The first kappa shape index (κ1) is 19.5. The molecule has 0 aromatic carbocycles. The van der Waals surface area contributed by atoms with E-state index in [2.05, 4.69) is 22.2 Å². The number of nitrogens with one attached hydrogen (secondary N) is 1. The highest BCUT2D eigenvalue weighted by molar-refractivity contribution is 5.02. The summed E-state index contributed by atoms with van der Waals surface area (Å²) in [6.45, 7) is 4.16. The molecule has 9 nitrogen and oxygen atoms in total. The molecular formula is C18H27N5O4. The van der Waals surface area contributed by atoms with Crippen molar-refractivity contribution in [2.45, 2.75) is 77.4 Å². The van der Waals surface area contributed by atoms with Crippen LogP contribution in [0.15, 0.2) is 22.0 Å². The van der Waals surface area contributed by atoms with Crippen molar-refractivity contribution in [1.82, 2.24) is 24.5 Å². The van der Waals surface area contributed by atoms with Crippen LogP contribution in [0.1, 0.15) is 56.5 Å². The molecule has 2 N–H and O–H groups in total. The van der Waals surface area contributed by atoms with Gasteiger partial charge in [-0.05, 0) is 19.8 Å². The summed E-state index contributed by atoms with van der Waals surface area (Å²) in [7, 11) is 0. The molecule has 1 aliphatic heterocycles. The molecule has 1 saturated heterocycles. The number of hydrogen-bond donors (Lipinski definition) is 2. The van der Waals surface area contributed by atoms with E-state index in [1.165, 1.54) is 30.0 Å². The zero-order valence-electron chi connectivity index (χ0n) is 15.8. The number of unbranched alkanes of at least 4 members (excludes halogenated alkanes) is 3. The maximum absolute atomic E-state index is 12.0. The van der Waals surface area contributed by atoms with Crippen molar-refractivity contribution in [2.75, 3.05) is 0 Å². The lowest BCUT2D eigenvalue weighted by molar-refractivity contribution is -0.0302. The van der Waals surface area contributed by atoms with Gasteiger partial charge in [-0.1, -0.05) is 31.4 Å². The fraction of sp³-hybridized carbons (Fsp3) is 0.667. The third kappa shape index (κ3) is 4.72. The van der Waals surface area contributed by atoms with E-state index in [1.54, 1.807) is 11.6 Å². The van der Waals surface area contributed by atoms with Gasteiger partial charge in [0.2, 0.25) is 0 Å². The van der Waals surface area contributed by atoms with Crippen molar-refractivity contribution in [3.8, 4) is 0 Å². The van der Waals surface area contributed by atoms with Gasteiger partial charge in [0.05, 0.1) is 18.3 Å². The number of ether oxygens (including phenoxy) is 1. The summed E-state index contributed by atoms with van der Waals surface area (Å²) in [5.74, 6) is 0. The number of rotatable bonds is 8. The Bertz CT molecular complexity index is 871. The van der Waals surface area contributed by atoms with E-state index < -0.39 is 29.7 Å². The van der Waals surface area contributed by atoms with E-state index in [-0.39, 0.29) is 6.42 Å². The Balaban J connectivity index is 1.61.